The van der Waals surface area contributed by atoms with Gasteiger partial charge in [-0.25, -0.2) is 0 Å². The molecule has 0 heterocycles. The topological polar surface area (TPSA) is 29.1 Å². The number of nitrogens with one attached hydrogen (secondary N) is 1. The van der Waals surface area contributed by atoms with Crippen molar-refractivity contribution in [3.05, 3.63) is 89.1 Å². The van der Waals surface area contributed by atoms with E-state index in [1.165, 1.54) is 30.4 Å². The van der Waals surface area contributed by atoms with Crippen LogP contribution in [0, 0.1) is 11.3 Å². The number of carbonyl (C=O) groups is 1. The van der Waals surface area contributed by atoms with Crippen LogP contribution in [0.5, 0.6) is 0 Å². The van der Waals surface area contributed by atoms with Gasteiger partial charge in [0.1, 0.15) is 0 Å². The normalized spacial score (nSPS) is 20.3. The van der Waals surface area contributed by atoms with Crippen molar-refractivity contribution in [1.29, 1.82) is 0 Å². The largest absolute Gasteiger partial charge is 0.323 e. The second kappa shape index (κ2) is 11.0. The number of benzene rings is 1. The smallest absolute Gasteiger partial charge is 0.248 e. The van der Waals surface area contributed by atoms with Gasteiger partial charge >= 0.3 is 0 Å². The third-order valence-corrected chi connectivity index (χ3v) is 6.01. The minimum atomic E-state index is -0.114. The molecule has 1 aromatic rings. The Hall–Kier alpha value is -2.61. The number of anilines is 1. The summed E-state index contributed by atoms with van der Waals surface area (Å²) in [5, 5.41) is 2.87. The molecule has 2 rings (SSSR count). The number of amides is 1. The summed E-state index contributed by atoms with van der Waals surface area (Å²) in [4.78, 5) is 12.1. The summed E-state index contributed by atoms with van der Waals surface area (Å²) in [6.07, 6.45) is 16.0. The van der Waals surface area contributed by atoms with Gasteiger partial charge in [0.25, 0.3) is 0 Å². The maximum atomic E-state index is 12.1. The molecule has 1 aliphatic rings. The lowest BCUT2D eigenvalue weighted by atomic mass is 9.68. The van der Waals surface area contributed by atoms with Crippen molar-refractivity contribution in [2.75, 3.05) is 5.32 Å². The molecular weight excluding hydrogens is 366 g/mol. The lowest BCUT2D eigenvalue weighted by molar-refractivity contribution is -0.111. The average molecular weight is 404 g/mol. The summed E-state index contributed by atoms with van der Waals surface area (Å²) in [5.74, 6) is 0.605. The highest BCUT2D eigenvalue weighted by molar-refractivity contribution is 5.99. The molecule has 1 atom stereocenters. The molecule has 1 unspecified atom stereocenters. The monoisotopic (exact) mass is 403 g/mol. The van der Waals surface area contributed by atoms with Gasteiger partial charge in [-0.3, -0.25) is 4.79 Å². The molecule has 0 aliphatic heterocycles. The van der Waals surface area contributed by atoms with Crippen molar-refractivity contribution in [3.8, 4) is 0 Å². The number of carbonyl (C=O) groups excluding carboxylic acids is 1. The number of rotatable bonds is 7. The van der Waals surface area contributed by atoms with Gasteiger partial charge < -0.3 is 5.32 Å². The molecule has 0 aromatic heterocycles. The first kappa shape index (κ1) is 23.7. The summed E-state index contributed by atoms with van der Waals surface area (Å²) in [6, 6.07) is 9.49. The fourth-order valence-electron chi connectivity index (χ4n) is 4.08. The van der Waals surface area contributed by atoms with Gasteiger partial charge in [0.05, 0.1) is 0 Å². The van der Waals surface area contributed by atoms with Crippen LogP contribution in [0.15, 0.2) is 89.1 Å². The van der Waals surface area contributed by atoms with E-state index >= 15 is 0 Å². The van der Waals surface area contributed by atoms with Crippen molar-refractivity contribution >= 4 is 11.6 Å². The first-order valence-electron chi connectivity index (χ1n) is 11.0. The Morgan fingerprint density at radius 2 is 1.83 bits per heavy atom. The maximum Gasteiger partial charge on any atom is 0.248 e. The summed E-state index contributed by atoms with van der Waals surface area (Å²) >= 11 is 0. The van der Waals surface area contributed by atoms with Crippen LogP contribution in [0.2, 0.25) is 0 Å². The van der Waals surface area contributed by atoms with E-state index in [4.69, 9.17) is 0 Å². The van der Waals surface area contributed by atoms with Crippen molar-refractivity contribution in [2.24, 2.45) is 11.3 Å². The Labute approximate surface area is 183 Å². The lowest BCUT2D eigenvalue weighted by Gasteiger charge is -2.37. The summed E-state index contributed by atoms with van der Waals surface area (Å²) in [7, 11) is 0. The SMILES string of the molecule is CCC1CCC(C)(C)C(/C=C/C(C)=C/C=C/C(C)=C/C(=O)Nc2ccccc2)=C1C. The molecule has 0 saturated carbocycles. The number of hydrogen-bond acceptors (Lipinski definition) is 1. The standard InChI is InChI=1S/C28H37NO/c1-7-24-18-19-28(5,6)26(23(24)4)17-16-21(2)12-11-13-22(3)20-27(30)29-25-14-9-8-10-15-25/h8-17,20,24H,7,18-19H2,1-6H3,(H,29,30)/b13-11+,17-16+,21-12+,22-20+. The van der Waals surface area contributed by atoms with E-state index in [-0.39, 0.29) is 11.3 Å². The zero-order valence-electron chi connectivity index (χ0n) is 19.5. The van der Waals surface area contributed by atoms with Gasteiger partial charge in [0.15, 0.2) is 0 Å². The van der Waals surface area contributed by atoms with Gasteiger partial charge in [-0.2, -0.15) is 0 Å². The third-order valence-electron chi connectivity index (χ3n) is 6.01. The van der Waals surface area contributed by atoms with Crippen LogP contribution in [0.1, 0.15) is 60.8 Å². The molecule has 1 amide bonds. The Morgan fingerprint density at radius 1 is 1.13 bits per heavy atom. The molecule has 0 bridgehead atoms. The number of hydrogen-bond donors (Lipinski definition) is 1. The van der Waals surface area contributed by atoms with E-state index in [2.05, 4.69) is 58.2 Å². The molecular formula is C28H37NO. The molecule has 2 nitrogen and oxygen atoms in total. The van der Waals surface area contributed by atoms with Gasteiger partial charge in [0, 0.05) is 11.8 Å². The molecule has 160 valence electrons. The minimum absolute atomic E-state index is 0.114. The van der Waals surface area contributed by atoms with Gasteiger partial charge in [-0.1, -0.05) is 80.5 Å². The molecule has 1 N–H and O–H groups in total. The predicted octanol–water partition coefficient (Wildman–Crippen LogP) is 7.79. The predicted molar refractivity (Wildman–Crippen MR) is 130 cm³/mol. The van der Waals surface area contributed by atoms with E-state index in [0.717, 1.165) is 17.2 Å². The average Bonchev–Trinajstić information content (AvgIpc) is 2.68. The minimum Gasteiger partial charge on any atom is -0.323 e. The first-order chi connectivity index (χ1) is 14.2. The highest BCUT2D eigenvalue weighted by Gasteiger charge is 2.30. The summed E-state index contributed by atoms with van der Waals surface area (Å²) in [5.41, 5.74) is 6.20. The third kappa shape index (κ3) is 7.02. The molecule has 0 spiro atoms. The van der Waals surface area contributed by atoms with Crippen molar-refractivity contribution in [3.63, 3.8) is 0 Å². The van der Waals surface area contributed by atoms with E-state index < -0.39 is 0 Å². The fourth-order valence-corrected chi connectivity index (χ4v) is 4.08. The fraction of sp³-hybridized carbons (Fsp3) is 0.393. The molecule has 0 radical (unpaired) electrons. The first-order valence-corrected chi connectivity index (χ1v) is 11.0. The highest BCUT2D eigenvalue weighted by Crippen LogP contribution is 2.44. The summed E-state index contributed by atoms with van der Waals surface area (Å²) < 4.78 is 0. The van der Waals surface area contributed by atoms with Gasteiger partial charge in [-0.15, -0.1) is 0 Å². The van der Waals surface area contributed by atoms with Gasteiger partial charge in [0.2, 0.25) is 5.91 Å². The van der Waals surface area contributed by atoms with Crippen LogP contribution < -0.4 is 5.32 Å². The van der Waals surface area contributed by atoms with Crippen LogP contribution in [-0.4, -0.2) is 5.91 Å². The van der Waals surface area contributed by atoms with Crippen LogP contribution in [0.4, 0.5) is 5.69 Å². The zero-order chi connectivity index (χ0) is 22.1. The molecule has 0 fully saturated rings. The van der Waals surface area contributed by atoms with Crippen LogP contribution in [0.3, 0.4) is 0 Å². The lowest BCUT2D eigenvalue weighted by Crippen LogP contribution is -2.24. The second-order valence-electron chi connectivity index (χ2n) is 8.97. The van der Waals surface area contributed by atoms with E-state index in [1.54, 1.807) is 11.6 Å². The van der Waals surface area contributed by atoms with Crippen molar-refractivity contribution < 1.29 is 4.79 Å². The highest BCUT2D eigenvalue weighted by atomic mass is 16.1. The van der Waals surface area contributed by atoms with Crippen molar-refractivity contribution in [2.45, 2.75) is 60.8 Å². The number of allylic oxidation sites excluding steroid dienone is 9. The second-order valence-corrected chi connectivity index (χ2v) is 8.97. The molecule has 1 aliphatic carbocycles. The molecule has 0 saturated heterocycles. The van der Waals surface area contributed by atoms with Gasteiger partial charge in [-0.05, 0) is 74.6 Å². The Morgan fingerprint density at radius 3 is 2.50 bits per heavy atom. The van der Waals surface area contributed by atoms with Crippen LogP contribution in [0.25, 0.3) is 0 Å². The number of para-hydroxylation sites is 1. The Balaban J connectivity index is 2.01. The summed E-state index contributed by atoms with van der Waals surface area (Å²) in [6.45, 7) is 13.4. The zero-order valence-corrected chi connectivity index (χ0v) is 19.5. The Kier molecular flexibility index (Phi) is 8.65. The molecule has 2 heteroatoms. The quantitative estimate of drug-likeness (QED) is 0.365. The molecule has 30 heavy (non-hydrogen) atoms. The van der Waals surface area contributed by atoms with Crippen LogP contribution >= 0.6 is 0 Å². The maximum absolute atomic E-state index is 12.1. The molecule has 1 aromatic carbocycles. The van der Waals surface area contributed by atoms with E-state index in [1.807, 2.05) is 49.4 Å². The van der Waals surface area contributed by atoms with Crippen LogP contribution in [-0.2, 0) is 4.79 Å². The van der Waals surface area contributed by atoms with E-state index in [0.29, 0.717) is 0 Å². The van der Waals surface area contributed by atoms with E-state index in [9.17, 15) is 4.79 Å². The van der Waals surface area contributed by atoms with Crippen molar-refractivity contribution in [1.82, 2.24) is 0 Å². The Bertz CT molecular complexity index is 878.